The number of rotatable bonds is 8. The summed E-state index contributed by atoms with van der Waals surface area (Å²) in [6.45, 7) is 9.00. The van der Waals surface area contributed by atoms with Crippen molar-refractivity contribution in [2.24, 2.45) is 5.92 Å². The van der Waals surface area contributed by atoms with Crippen LogP contribution in [0.3, 0.4) is 0 Å². The quantitative estimate of drug-likeness (QED) is 0.640. The van der Waals surface area contributed by atoms with Crippen molar-refractivity contribution >= 4 is 11.8 Å². The van der Waals surface area contributed by atoms with Gasteiger partial charge in [0.25, 0.3) is 0 Å². The lowest BCUT2D eigenvalue weighted by molar-refractivity contribution is -0.0293. The van der Waals surface area contributed by atoms with Crippen molar-refractivity contribution in [1.82, 2.24) is 4.90 Å². The van der Waals surface area contributed by atoms with Gasteiger partial charge in [0.05, 0.1) is 5.60 Å². The van der Waals surface area contributed by atoms with Crippen LogP contribution in [0.15, 0.2) is 48.5 Å². The number of carbonyl (C=O) groups excluding carboxylic acids is 1. The van der Waals surface area contributed by atoms with E-state index in [1.165, 1.54) is 5.56 Å². The summed E-state index contributed by atoms with van der Waals surface area (Å²) >= 11 is 0. The van der Waals surface area contributed by atoms with E-state index in [0.29, 0.717) is 23.8 Å². The van der Waals surface area contributed by atoms with Crippen LogP contribution in [-0.4, -0.2) is 36.7 Å². The van der Waals surface area contributed by atoms with Gasteiger partial charge in [0, 0.05) is 18.2 Å². The summed E-state index contributed by atoms with van der Waals surface area (Å²) in [7, 11) is 3.98. The average Bonchev–Trinajstić information content (AvgIpc) is 2.67. The van der Waals surface area contributed by atoms with Crippen molar-refractivity contribution in [3.8, 4) is 5.75 Å². The maximum Gasteiger partial charge on any atom is 0.417 e. The molecule has 0 bridgehead atoms. The first-order chi connectivity index (χ1) is 13.7. The molecule has 0 saturated heterocycles. The number of amides is 1. The molecule has 0 aliphatic heterocycles. The number of hydrogen-bond donors (Lipinski definition) is 2. The van der Waals surface area contributed by atoms with Gasteiger partial charge in [0.15, 0.2) is 0 Å². The van der Waals surface area contributed by atoms with Gasteiger partial charge in [-0.15, -0.1) is 0 Å². The molecule has 0 saturated carbocycles. The Hall–Kier alpha value is -2.37. The van der Waals surface area contributed by atoms with Crippen molar-refractivity contribution in [2.75, 3.05) is 26.0 Å². The lowest BCUT2D eigenvalue weighted by Crippen LogP contribution is -2.38. The van der Waals surface area contributed by atoms with E-state index in [9.17, 15) is 9.90 Å². The maximum absolute atomic E-state index is 12.3. The van der Waals surface area contributed by atoms with Gasteiger partial charge in [-0.25, -0.2) is 4.79 Å². The Morgan fingerprint density at radius 3 is 2.34 bits per heavy atom. The molecule has 5 nitrogen and oxygen atoms in total. The van der Waals surface area contributed by atoms with Gasteiger partial charge in [0.2, 0.25) is 0 Å². The van der Waals surface area contributed by atoms with Gasteiger partial charge in [-0.3, -0.25) is 5.32 Å². The third kappa shape index (κ3) is 6.05. The van der Waals surface area contributed by atoms with E-state index in [-0.39, 0.29) is 5.92 Å². The standard InChI is InChI=1S/C24H34N2O3/c1-7-24(28,18(4)16-26(5)6)20-9-8-10-22(15-20)29-23(27)25-21-13-11-19(12-14-21)17(2)3/h8-15,17-18,28H,7,16H2,1-6H3,(H,25,27)/t18-,24+/m1/s1. The number of nitrogens with one attached hydrogen (secondary N) is 1. The molecule has 2 rings (SSSR count). The Kier molecular flexibility index (Phi) is 7.82. The molecular formula is C24H34N2O3. The van der Waals surface area contributed by atoms with Crippen molar-refractivity contribution in [2.45, 2.75) is 45.6 Å². The molecule has 1 amide bonds. The summed E-state index contributed by atoms with van der Waals surface area (Å²) in [5.41, 5.74) is 1.65. The molecule has 0 unspecified atom stereocenters. The van der Waals surface area contributed by atoms with E-state index in [1.54, 1.807) is 18.2 Å². The van der Waals surface area contributed by atoms with Crippen molar-refractivity contribution in [3.63, 3.8) is 0 Å². The molecule has 0 aliphatic rings. The van der Waals surface area contributed by atoms with Crippen LogP contribution >= 0.6 is 0 Å². The molecule has 0 spiro atoms. The van der Waals surface area contributed by atoms with Crippen LogP contribution in [0, 0.1) is 5.92 Å². The second kappa shape index (κ2) is 9.90. The van der Waals surface area contributed by atoms with Crippen molar-refractivity contribution in [3.05, 3.63) is 59.7 Å². The highest BCUT2D eigenvalue weighted by molar-refractivity contribution is 5.86. The van der Waals surface area contributed by atoms with Gasteiger partial charge in [-0.05, 0) is 61.8 Å². The molecule has 2 N–H and O–H groups in total. The van der Waals surface area contributed by atoms with E-state index >= 15 is 0 Å². The summed E-state index contributed by atoms with van der Waals surface area (Å²) in [6, 6.07) is 14.9. The monoisotopic (exact) mass is 398 g/mol. The number of anilines is 1. The van der Waals surface area contributed by atoms with Crippen LogP contribution in [0.4, 0.5) is 10.5 Å². The lowest BCUT2D eigenvalue weighted by atomic mass is 9.80. The SMILES string of the molecule is CC[C@@](O)(c1cccc(OC(=O)Nc2ccc(C(C)C)cc2)c1)[C@H](C)CN(C)C. The van der Waals surface area contributed by atoms with Crippen LogP contribution in [0.5, 0.6) is 5.75 Å². The second-order valence-electron chi connectivity index (χ2n) is 8.26. The fraction of sp³-hybridized carbons (Fsp3) is 0.458. The van der Waals surface area contributed by atoms with Crippen LogP contribution in [0.2, 0.25) is 0 Å². The zero-order valence-corrected chi connectivity index (χ0v) is 18.4. The lowest BCUT2D eigenvalue weighted by Gasteiger charge is -2.35. The molecule has 2 aromatic carbocycles. The first kappa shape index (κ1) is 22.9. The number of ether oxygens (including phenoxy) is 1. The fourth-order valence-corrected chi connectivity index (χ4v) is 3.57. The summed E-state index contributed by atoms with van der Waals surface area (Å²) in [5, 5.41) is 14.0. The zero-order chi connectivity index (χ0) is 21.6. The van der Waals surface area contributed by atoms with Crippen molar-refractivity contribution < 1.29 is 14.6 Å². The minimum Gasteiger partial charge on any atom is -0.410 e. The number of aliphatic hydroxyl groups is 1. The summed E-state index contributed by atoms with van der Waals surface area (Å²) < 4.78 is 5.47. The van der Waals surface area contributed by atoms with Gasteiger partial charge in [-0.2, -0.15) is 0 Å². The highest BCUT2D eigenvalue weighted by Crippen LogP contribution is 2.35. The third-order valence-electron chi connectivity index (χ3n) is 5.36. The predicted octanol–water partition coefficient (Wildman–Crippen LogP) is 5.22. The Bertz CT molecular complexity index is 802. The Labute approximate surface area is 174 Å². The van der Waals surface area contributed by atoms with Gasteiger partial charge in [-0.1, -0.05) is 52.0 Å². The van der Waals surface area contributed by atoms with Gasteiger partial charge in [0.1, 0.15) is 5.75 Å². The van der Waals surface area contributed by atoms with E-state index in [0.717, 1.165) is 12.1 Å². The normalized spacial score (nSPS) is 14.5. The van der Waals surface area contributed by atoms with E-state index in [4.69, 9.17) is 4.74 Å². The van der Waals surface area contributed by atoms with Crippen LogP contribution in [-0.2, 0) is 5.60 Å². The predicted molar refractivity (Wildman–Crippen MR) is 119 cm³/mol. The van der Waals surface area contributed by atoms with Gasteiger partial charge >= 0.3 is 6.09 Å². The highest BCUT2D eigenvalue weighted by Gasteiger charge is 2.34. The van der Waals surface area contributed by atoms with E-state index < -0.39 is 11.7 Å². The molecule has 158 valence electrons. The first-order valence-electron chi connectivity index (χ1n) is 10.2. The molecule has 0 aliphatic carbocycles. The van der Waals surface area contributed by atoms with Gasteiger partial charge < -0.3 is 14.7 Å². The Balaban J connectivity index is 2.11. The number of hydrogen-bond acceptors (Lipinski definition) is 4. The van der Waals surface area contributed by atoms with Crippen LogP contribution < -0.4 is 10.1 Å². The zero-order valence-electron chi connectivity index (χ0n) is 18.4. The number of benzene rings is 2. The highest BCUT2D eigenvalue weighted by atomic mass is 16.6. The number of carbonyl (C=O) groups is 1. The molecule has 2 aromatic rings. The third-order valence-corrected chi connectivity index (χ3v) is 5.36. The number of nitrogens with zero attached hydrogens (tertiary/aromatic N) is 1. The topological polar surface area (TPSA) is 61.8 Å². The summed E-state index contributed by atoms with van der Waals surface area (Å²) in [6.07, 6.45) is 0.0145. The maximum atomic E-state index is 12.3. The summed E-state index contributed by atoms with van der Waals surface area (Å²) in [4.78, 5) is 14.4. The molecule has 0 radical (unpaired) electrons. The minimum absolute atomic E-state index is 0.0195. The molecular weight excluding hydrogens is 364 g/mol. The van der Waals surface area contributed by atoms with Crippen LogP contribution in [0.1, 0.15) is 51.2 Å². The van der Waals surface area contributed by atoms with E-state index in [1.807, 2.05) is 58.3 Å². The largest absolute Gasteiger partial charge is 0.417 e. The first-order valence-corrected chi connectivity index (χ1v) is 10.2. The Morgan fingerprint density at radius 2 is 1.79 bits per heavy atom. The average molecular weight is 399 g/mol. The molecule has 0 fully saturated rings. The van der Waals surface area contributed by atoms with Crippen LogP contribution in [0.25, 0.3) is 0 Å². The molecule has 29 heavy (non-hydrogen) atoms. The molecule has 0 heterocycles. The molecule has 2 atom stereocenters. The van der Waals surface area contributed by atoms with Crippen molar-refractivity contribution in [1.29, 1.82) is 0 Å². The smallest absolute Gasteiger partial charge is 0.410 e. The molecule has 5 heteroatoms. The fourth-order valence-electron chi connectivity index (χ4n) is 3.57. The summed E-state index contributed by atoms with van der Waals surface area (Å²) in [5.74, 6) is 0.861. The minimum atomic E-state index is -0.993. The van der Waals surface area contributed by atoms with E-state index in [2.05, 4.69) is 24.1 Å². The second-order valence-corrected chi connectivity index (χ2v) is 8.26. The molecule has 0 aromatic heterocycles. The Morgan fingerprint density at radius 1 is 1.14 bits per heavy atom.